The van der Waals surface area contributed by atoms with Crippen LogP contribution in [0.1, 0.15) is 39.5 Å². The Morgan fingerprint density at radius 3 is 2.53 bits per heavy atom. The summed E-state index contributed by atoms with van der Waals surface area (Å²) in [7, 11) is 0. The van der Waals surface area contributed by atoms with Crippen molar-refractivity contribution in [1.82, 2.24) is 0 Å². The van der Waals surface area contributed by atoms with E-state index in [1.165, 1.54) is 6.26 Å². The average molecular weight is 290 g/mol. The Morgan fingerprint density at radius 2 is 1.95 bits per heavy atom. The summed E-state index contributed by atoms with van der Waals surface area (Å²) in [6.45, 7) is 3.72. The summed E-state index contributed by atoms with van der Waals surface area (Å²) in [4.78, 5) is 24.4. The molecule has 2 fully saturated rings. The van der Waals surface area contributed by atoms with Crippen molar-refractivity contribution >= 4 is 23.3 Å². The van der Waals surface area contributed by atoms with Gasteiger partial charge in [0.05, 0.1) is 0 Å². The molecule has 2 nitrogen and oxygen atoms in total. The summed E-state index contributed by atoms with van der Waals surface area (Å²) < 4.78 is 27.6. The molecule has 4 unspecified atom stereocenters. The number of rotatable bonds is 3. The molecule has 2 rings (SSSR count). The summed E-state index contributed by atoms with van der Waals surface area (Å²) in [5.41, 5.74) is -0.984. The van der Waals surface area contributed by atoms with Crippen molar-refractivity contribution in [3.8, 4) is 0 Å². The first kappa shape index (κ1) is 14.9. The zero-order valence-electron chi connectivity index (χ0n) is 11.5. The molecule has 0 radical (unpaired) electrons. The standard InChI is InChI=1S/C14H20F2O2S/c1-8-4-10-7-13(5-8,6-9(2)11(10)17)12(18)14(15,16)19-3/h8-10H,4-7H2,1-3H3. The highest BCUT2D eigenvalue weighted by Gasteiger charge is 2.58. The Morgan fingerprint density at radius 1 is 1.32 bits per heavy atom. The second-order valence-electron chi connectivity index (χ2n) is 6.28. The van der Waals surface area contributed by atoms with Crippen molar-refractivity contribution in [3.05, 3.63) is 0 Å². The summed E-state index contributed by atoms with van der Waals surface area (Å²) in [6, 6.07) is 0. The smallest absolute Gasteiger partial charge is 0.299 e. The quantitative estimate of drug-likeness (QED) is 0.797. The van der Waals surface area contributed by atoms with Gasteiger partial charge < -0.3 is 0 Å². The van der Waals surface area contributed by atoms with Gasteiger partial charge in [-0.15, -0.1) is 0 Å². The molecule has 0 aliphatic heterocycles. The molecule has 0 spiro atoms. The van der Waals surface area contributed by atoms with E-state index in [4.69, 9.17) is 0 Å². The first-order valence-corrected chi connectivity index (χ1v) is 7.96. The van der Waals surface area contributed by atoms with E-state index in [1.54, 1.807) is 6.92 Å². The van der Waals surface area contributed by atoms with E-state index in [1.807, 2.05) is 6.92 Å². The van der Waals surface area contributed by atoms with E-state index in [0.29, 0.717) is 31.0 Å². The number of carbonyl (C=O) groups is 2. The lowest BCUT2D eigenvalue weighted by Crippen LogP contribution is -2.52. The third kappa shape index (κ3) is 2.46. The van der Waals surface area contributed by atoms with Crippen molar-refractivity contribution in [1.29, 1.82) is 0 Å². The molecule has 19 heavy (non-hydrogen) atoms. The number of ketones is 2. The lowest BCUT2D eigenvalue weighted by molar-refractivity contribution is -0.156. The lowest BCUT2D eigenvalue weighted by Gasteiger charge is -2.48. The zero-order valence-corrected chi connectivity index (χ0v) is 12.4. The van der Waals surface area contributed by atoms with Crippen LogP contribution in [0.5, 0.6) is 0 Å². The minimum atomic E-state index is -3.33. The molecule has 2 aliphatic carbocycles. The number of alkyl halides is 2. The number of hydrogen-bond acceptors (Lipinski definition) is 3. The normalized spacial score (nSPS) is 39.2. The molecule has 0 aromatic carbocycles. The van der Waals surface area contributed by atoms with E-state index < -0.39 is 16.5 Å². The Bertz CT molecular complexity index is 406. The largest absolute Gasteiger partial charge is 0.351 e. The highest BCUT2D eigenvalue weighted by molar-refractivity contribution is 8.00. The van der Waals surface area contributed by atoms with Gasteiger partial charge in [-0.1, -0.05) is 25.6 Å². The molecule has 0 N–H and O–H groups in total. The first-order chi connectivity index (χ1) is 8.72. The molecule has 2 saturated carbocycles. The minimum absolute atomic E-state index is 0.155. The highest BCUT2D eigenvalue weighted by atomic mass is 32.2. The molecule has 2 aliphatic rings. The van der Waals surface area contributed by atoms with Crippen LogP contribution in [0.25, 0.3) is 0 Å². The summed E-state index contributed by atoms with van der Waals surface area (Å²) >= 11 is 0.304. The third-order valence-corrected chi connectivity index (χ3v) is 5.35. The summed E-state index contributed by atoms with van der Waals surface area (Å²) in [6.07, 6.45) is 3.12. The van der Waals surface area contributed by atoms with Crippen LogP contribution in [0, 0.1) is 23.2 Å². The van der Waals surface area contributed by atoms with Crippen LogP contribution < -0.4 is 0 Å². The fourth-order valence-corrected chi connectivity index (χ4v) is 4.43. The van der Waals surface area contributed by atoms with Crippen LogP contribution in [0.4, 0.5) is 8.78 Å². The number of fused-ring (bicyclic) bond motifs is 2. The Kier molecular flexibility index (Phi) is 3.80. The predicted octanol–water partition coefficient (Wildman–Crippen LogP) is 3.54. The molecule has 108 valence electrons. The minimum Gasteiger partial charge on any atom is -0.299 e. The highest BCUT2D eigenvalue weighted by Crippen LogP contribution is 2.54. The molecule has 2 bridgehead atoms. The molecule has 0 amide bonds. The van der Waals surface area contributed by atoms with Crippen LogP contribution >= 0.6 is 11.8 Å². The maximum absolute atomic E-state index is 13.8. The van der Waals surface area contributed by atoms with Crippen molar-refractivity contribution in [2.45, 2.75) is 44.8 Å². The molecule has 0 aromatic rings. The maximum atomic E-state index is 13.8. The van der Waals surface area contributed by atoms with E-state index in [9.17, 15) is 18.4 Å². The van der Waals surface area contributed by atoms with Crippen LogP contribution in [0.3, 0.4) is 0 Å². The Balaban J connectivity index is 2.35. The molecule has 0 aromatic heterocycles. The topological polar surface area (TPSA) is 34.1 Å². The van der Waals surface area contributed by atoms with Crippen molar-refractivity contribution in [2.75, 3.05) is 6.26 Å². The molecule has 5 heteroatoms. The van der Waals surface area contributed by atoms with Gasteiger partial charge in [0.2, 0.25) is 5.78 Å². The maximum Gasteiger partial charge on any atom is 0.351 e. The zero-order chi connectivity index (χ0) is 14.4. The fraction of sp³-hybridized carbons (Fsp3) is 0.857. The van der Waals surface area contributed by atoms with Gasteiger partial charge in [-0.2, -0.15) is 8.78 Å². The van der Waals surface area contributed by atoms with Gasteiger partial charge in [-0.25, -0.2) is 0 Å². The number of hydrogen-bond donors (Lipinski definition) is 0. The van der Waals surface area contributed by atoms with Crippen molar-refractivity contribution in [2.24, 2.45) is 23.2 Å². The third-order valence-electron chi connectivity index (χ3n) is 4.65. The fourth-order valence-electron chi connectivity index (χ4n) is 4.03. The van der Waals surface area contributed by atoms with Gasteiger partial charge in [0, 0.05) is 17.3 Å². The summed E-state index contributed by atoms with van der Waals surface area (Å²) in [5.74, 6) is -1.11. The Labute approximate surface area is 116 Å². The van der Waals surface area contributed by atoms with Gasteiger partial charge in [-0.3, -0.25) is 9.59 Å². The molecule has 0 heterocycles. The molecule has 4 atom stereocenters. The van der Waals surface area contributed by atoms with Gasteiger partial charge in [0.25, 0.3) is 0 Å². The second-order valence-corrected chi connectivity index (χ2v) is 7.20. The average Bonchev–Trinajstić information content (AvgIpc) is 2.34. The van der Waals surface area contributed by atoms with Crippen LogP contribution in [0.2, 0.25) is 0 Å². The number of Topliss-reactive ketones (excluding diaryl/α,β-unsaturated/α-hetero) is 2. The van der Waals surface area contributed by atoms with Crippen molar-refractivity contribution < 1.29 is 18.4 Å². The number of carbonyl (C=O) groups excluding carboxylic acids is 2. The molecular formula is C14H20F2O2S. The van der Waals surface area contributed by atoms with E-state index >= 15 is 0 Å². The first-order valence-electron chi connectivity index (χ1n) is 6.73. The number of thioether (sulfide) groups is 1. The van der Waals surface area contributed by atoms with Gasteiger partial charge in [0.15, 0.2) is 0 Å². The molecule has 0 saturated heterocycles. The van der Waals surface area contributed by atoms with Gasteiger partial charge >= 0.3 is 5.25 Å². The predicted molar refractivity (Wildman–Crippen MR) is 71.2 cm³/mol. The van der Waals surface area contributed by atoms with Crippen LogP contribution in [-0.2, 0) is 9.59 Å². The van der Waals surface area contributed by atoms with E-state index in [2.05, 4.69) is 0 Å². The SMILES string of the molecule is CSC(F)(F)C(=O)C12CC(C)CC(C1)C(=O)C(C)C2. The van der Waals surface area contributed by atoms with Gasteiger partial charge in [-0.05, 0) is 37.9 Å². The van der Waals surface area contributed by atoms with Crippen LogP contribution in [0.15, 0.2) is 0 Å². The van der Waals surface area contributed by atoms with Crippen molar-refractivity contribution in [3.63, 3.8) is 0 Å². The Hall–Kier alpha value is -0.450. The van der Waals surface area contributed by atoms with Gasteiger partial charge in [0.1, 0.15) is 5.78 Å². The lowest BCUT2D eigenvalue weighted by atomic mass is 9.55. The molecular weight excluding hydrogens is 270 g/mol. The second kappa shape index (κ2) is 4.83. The number of halogens is 2. The van der Waals surface area contributed by atoms with E-state index in [0.717, 1.165) is 6.42 Å². The van der Waals surface area contributed by atoms with Crippen LogP contribution in [-0.4, -0.2) is 23.1 Å². The van der Waals surface area contributed by atoms with E-state index in [-0.39, 0.29) is 23.5 Å². The monoisotopic (exact) mass is 290 g/mol. The summed E-state index contributed by atoms with van der Waals surface area (Å²) in [5, 5.41) is -3.33.